The van der Waals surface area contributed by atoms with E-state index in [4.69, 9.17) is 0 Å². The zero-order valence-corrected chi connectivity index (χ0v) is 19.7. The van der Waals surface area contributed by atoms with Gasteiger partial charge >= 0.3 is 6.18 Å². The highest BCUT2D eigenvalue weighted by molar-refractivity contribution is 5.63. The molecule has 0 aliphatic heterocycles. The fraction of sp³-hybridized carbons (Fsp3) is 0.429. The maximum atomic E-state index is 13.7. The second-order valence-electron chi connectivity index (χ2n) is 9.76. The third-order valence-corrected chi connectivity index (χ3v) is 7.34. The Morgan fingerprint density at radius 3 is 1.66 bits per heavy atom. The van der Waals surface area contributed by atoms with Gasteiger partial charge < -0.3 is 10.6 Å². The van der Waals surface area contributed by atoms with Gasteiger partial charge in [-0.2, -0.15) is 18.2 Å². The summed E-state index contributed by atoms with van der Waals surface area (Å²) in [4.78, 5) is 8.12. The van der Waals surface area contributed by atoms with Crippen LogP contribution < -0.4 is 10.6 Å². The second-order valence-corrected chi connectivity index (χ2v) is 9.76. The lowest BCUT2D eigenvalue weighted by atomic mass is 9.84. The summed E-state index contributed by atoms with van der Waals surface area (Å²) in [5, 5.41) is 5.92. The lowest BCUT2D eigenvalue weighted by Crippen LogP contribution is -2.12. The Morgan fingerprint density at radius 1 is 0.657 bits per heavy atom. The van der Waals surface area contributed by atoms with Crippen molar-refractivity contribution in [2.75, 3.05) is 10.6 Å². The molecule has 2 N–H and O–H groups in total. The standard InChI is InChI=1S/C28H31F3N4/c29-28(30,31)25-18-32-27(34-24-16-12-22(13-17-24)20-8-4-5-9-20)35-26(25)33-23-14-10-21(11-15-23)19-6-2-1-3-7-19/h10-20H,1-9H2,(H2,32,33,34,35). The summed E-state index contributed by atoms with van der Waals surface area (Å²) >= 11 is 0. The molecule has 0 unspecified atom stereocenters. The molecule has 7 heteroatoms. The Bertz CT molecular complexity index is 1110. The van der Waals surface area contributed by atoms with Gasteiger partial charge in [-0.3, -0.25) is 0 Å². The lowest BCUT2D eigenvalue weighted by molar-refractivity contribution is -0.137. The number of hydrogen-bond acceptors (Lipinski definition) is 4. The van der Waals surface area contributed by atoms with E-state index in [0.717, 1.165) is 11.9 Å². The average molecular weight is 481 g/mol. The van der Waals surface area contributed by atoms with Crippen molar-refractivity contribution < 1.29 is 13.2 Å². The molecule has 3 aromatic rings. The zero-order valence-electron chi connectivity index (χ0n) is 19.7. The number of benzene rings is 2. The fourth-order valence-corrected chi connectivity index (χ4v) is 5.38. The first-order chi connectivity index (χ1) is 17.0. The van der Waals surface area contributed by atoms with Crippen LogP contribution in [0.3, 0.4) is 0 Å². The van der Waals surface area contributed by atoms with Gasteiger partial charge in [0.25, 0.3) is 0 Å². The van der Waals surface area contributed by atoms with Gasteiger partial charge in [-0.15, -0.1) is 0 Å². The van der Waals surface area contributed by atoms with Gasteiger partial charge in [0.15, 0.2) is 0 Å². The van der Waals surface area contributed by atoms with Crippen molar-refractivity contribution in [2.45, 2.75) is 75.8 Å². The molecule has 2 aliphatic carbocycles. The molecule has 184 valence electrons. The highest BCUT2D eigenvalue weighted by atomic mass is 19.4. The molecule has 0 saturated heterocycles. The van der Waals surface area contributed by atoms with Crippen LogP contribution in [-0.2, 0) is 6.18 Å². The number of anilines is 4. The van der Waals surface area contributed by atoms with Crippen molar-refractivity contribution >= 4 is 23.1 Å². The van der Waals surface area contributed by atoms with Gasteiger partial charge in [0, 0.05) is 17.6 Å². The smallest absolute Gasteiger partial charge is 0.340 e. The molecule has 0 amide bonds. The minimum atomic E-state index is -4.56. The van der Waals surface area contributed by atoms with Gasteiger partial charge in [0.1, 0.15) is 11.4 Å². The number of hydrogen-bond donors (Lipinski definition) is 2. The summed E-state index contributed by atoms with van der Waals surface area (Å²) in [5.41, 5.74) is 2.98. The van der Waals surface area contributed by atoms with Crippen molar-refractivity contribution in [1.82, 2.24) is 9.97 Å². The Morgan fingerprint density at radius 2 is 1.14 bits per heavy atom. The molecular weight excluding hydrogens is 449 g/mol. The van der Waals surface area contributed by atoms with E-state index in [0.29, 0.717) is 17.5 Å². The van der Waals surface area contributed by atoms with Crippen LogP contribution in [0.25, 0.3) is 0 Å². The molecule has 2 aromatic carbocycles. The van der Waals surface area contributed by atoms with Crippen LogP contribution in [0.15, 0.2) is 54.7 Å². The van der Waals surface area contributed by atoms with Gasteiger partial charge in [-0.05, 0) is 72.9 Å². The SMILES string of the molecule is FC(F)(F)c1cnc(Nc2ccc(C3CCCC3)cc2)nc1Nc1ccc(C2CCCCC2)cc1. The van der Waals surface area contributed by atoms with Crippen molar-refractivity contribution in [3.63, 3.8) is 0 Å². The van der Waals surface area contributed by atoms with E-state index in [1.165, 1.54) is 68.9 Å². The van der Waals surface area contributed by atoms with E-state index in [1.807, 2.05) is 36.4 Å². The maximum Gasteiger partial charge on any atom is 0.421 e. The number of halogens is 3. The molecule has 1 heterocycles. The van der Waals surface area contributed by atoms with Crippen LogP contribution in [0.5, 0.6) is 0 Å². The predicted octanol–water partition coefficient (Wildman–Crippen LogP) is 8.69. The molecule has 35 heavy (non-hydrogen) atoms. The summed E-state index contributed by atoms with van der Waals surface area (Å²) in [6, 6.07) is 15.7. The number of rotatable bonds is 6. The molecule has 5 rings (SSSR count). The minimum Gasteiger partial charge on any atom is -0.340 e. The van der Waals surface area contributed by atoms with Crippen molar-refractivity contribution in [2.24, 2.45) is 0 Å². The van der Waals surface area contributed by atoms with Crippen LogP contribution in [0.1, 0.15) is 86.3 Å². The Hall–Kier alpha value is -3.09. The van der Waals surface area contributed by atoms with Gasteiger partial charge in [0.2, 0.25) is 5.95 Å². The molecule has 4 nitrogen and oxygen atoms in total. The summed E-state index contributed by atoms with van der Waals surface area (Å²) in [7, 11) is 0. The number of nitrogens with zero attached hydrogens (tertiary/aromatic N) is 2. The summed E-state index contributed by atoms with van der Waals surface area (Å²) < 4.78 is 41.0. The third kappa shape index (κ3) is 5.77. The molecule has 0 atom stereocenters. The normalized spacial score (nSPS) is 17.5. The molecule has 0 bridgehead atoms. The summed E-state index contributed by atoms with van der Waals surface area (Å²) in [6.07, 6.45) is 7.33. The monoisotopic (exact) mass is 480 g/mol. The first-order valence-electron chi connectivity index (χ1n) is 12.6. The highest BCUT2D eigenvalue weighted by Crippen LogP contribution is 2.37. The predicted molar refractivity (Wildman–Crippen MR) is 134 cm³/mol. The van der Waals surface area contributed by atoms with Crippen LogP contribution in [-0.4, -0.2) is 9.97 Å². The fourth-order valence-electron chi connectivity index (χ4n) is 5.38. The molecule has 1 aromatic heterocycles. The van der Waals surface area contributed by atoms with Crippen LogP contribution in [0.2, 0.25) is 0 Å². The third-order valence-electron chi connectivity index (χ3n) is 7.34. The lowest BCUT2D eigenvalue weighted by Gasteiger charge is -2.22. The van der Waals surface area contributed by atoms with Gasteiger partial charge in [-0.25, -0.2) is 4.98 Å². The molecule has 0 spiro atoms. The topological polar surface area (TPSA) is 49.8 Å². The Balaban J connectivity index is 1.33. The van der Waals surface area contributed by atoms with Crippen LogP contribution >= 0.6 is 0 Å². The molecular formula is C28H31F3N4. The van der Waals surface area contributed by atoms with E-state index >= 15 is 0 Å². The van der Waals surface area contributed by atoms with Crippen LogP contribution in [0.4, 0.5) is 36.3 Å². The highest BCUT2D eigenvalue weighted by Gasteiger charge is 2.35. The van der Waals surface area contributed by atoms with Gasteiger partial charge in [0.05, 0.1) is 0 Å². The molecule has 2 fully saturated rings. The number of nitrogens with one attached hydrogen (secondary N) is 2. The van der Waals surface area contributed by atoms with E-state index in [-0.39, 0.29) is 11.8 Å². The minimum absolute atomic E-state index is 0.118. The quantitative estimate of drug-likeness (QED) is 0.370. The maximum absolute atomic E-state index is 13.7. The Kier molecular flexibility index (Phi) is 6.93. The number of alkyl halides is 3. The van der Waals surface area contributed by atoms with Crippen LogP contribution in [0, 0.1) is 0 Å². The summed E-state index contributed by atoms with van der Waals surface area (Å²) in [6.45, 7) is 0. The first kappa shape index (κ1) is 23.6. The van der Waals surface area contributed by atoms with E-state index < -0.39 is 11.7 Å². The van der Waals surface area contributed by atoms with E-state index in [9.17, 15) is 13.2 Å². The zero-order chi connectivity index (χ0) is 24.3. The van der Waals surface area contributed by atoms with Crippen molar-refractivity contribution in [3.8, 4) is 0 Å². The van der Waals surface area contributed by atoms with E-state index in [2.05, 4.69) is 32.7 Å². The molecule has 2 saturated carbocycles. The first-order valence-corrected chi connectivity index (χ1v) is 12.6. The second kappa shape index (κ2) is 10.3. The summed E-state index contributed by atoms with van der Waals surface area (Å²) in [5.74, 6) is 1.00. The largest absolute Gasteiger partial charge is 0.421 e. The molecule has 0 radical (unpaired) electrons. The van der Waals surface area contributed by atoms with E-state index in [1.54, 1.807) is 0 Å². The molecule has 2 aliphatic rings. The Labute approximate surface area is 204 Å². The van der Waals surface area contributed by atoms with Crippen molar-refractivity contribution in [3.05, 3.63) is 71.4 Å². The number of aromatic nitrogens is 2. The average Bonchev–Trinajstić information content (AvgIpc) is 3.40. The van der Waals surface area contributed by atoms with Crippen molar-refractivity contribution in [1.29, 1.82) is 0 Å². The van der Waals surface area contributed by atoms with Gasteiger partial charge in [-0.1, -0.05) is 56.4 Å².